The molecule has 0 saturated heterocycles. The van der Waals surface area contributed by atoms with Crippen LogP contribution < -0.4 is 0 Å². The summed E-state index contributed by atoms with van der Waals surface area (Å²) in [6.07, 6.45) is 6.05. The molecule has 0 unspecified atom stereocenters. The van der Waals surface area contributed by atoms with Crippen LogP contribution >= 0.6 is 0 Å². The molecule has 10 heavy (non-hydrogen) atoms. The third-order valence-corrected chi connectivity index (χ3v) is 1.83. The van der Waals surface area contributed by atoms with Crippen LogP contribution in [0.2, 0.25) is 0 Å². The molecule has 0 saturated carbocycles. The first kappa shape index (κ1) is 7.76. The first-order chi connectivity index (χ1) is 4.79. The Balaban J connectivity index is 2.31. The highest BCUT2D eigenvalue weighted by Gasteiger charge is 2.06. The monoisotopic (exact) mass is 142 g/mol. The van der Waals surface area contributed by atoms with Crippen LogP contribution in [0.1, 0.15) is 32.1 Å². The van der Waals surface area contributed by atoms with Gasteiger partial charge in [-0.05, 0) is 25.7 Å². The quantitative estimate of drug-likeness (QED) is 0.449. The molecular weight excluding hydrogens is 128 g/mol. The minimum Gasteiger partial charge on any atom is -0.368 e. The van der Waals surface area contributed by atoms with E-state index in [1.165, 1.54) is 18.4 Å². The van der Waals surface area contributed by atoms with Crippen LogP contribution in [0.15, 0.2) is 11.6 Å². The molecule has 0 radical (unpaired) electrons. The number of rotatable bonds is 2. The molecule has 0 fully saturated rings. The van der Waals surface area contributed by atoms with Crippen molar-refractivity contribution in [3.63, 3.8) is 0 Å². The average Bonchev–Trinajstić information content (AvgIpc) is 1.88. The summed E-state index contributed by atoms with van der Waals surface area (Å²) in [5, 5.41) is 17.2. The Kier molecular flexibility index (Phi) is 2.90. The summed E-state index contributed by atoms with van der Waals surface area (Å²) < 4.78 is 0. The summed E-state index contributed by atoms with van der Waals surface area (Å²) in [6.45, 7) is 0. The lowest BCUT2D eigenvalue weighted by atomic mass is 9.97. The minimum absolute atomic E-state index is 0.444. The highest BCUT2D eigenvalue weighted by molar-refractivity contribution is 5.05. The van der Waals surface area contributed by atoms with Crippen LogP contribution in [0.25, 0.3) is 0 Å². The van der Waals surface area contributed by atoms with Gasteiger partial charge in [-0.3, -0.25) is 0 Å². The van der Waals surface area contributed by atoms with E-state index in [4.69, 9.17) is 10.2 Å². The molecule has 1 aliphatic rings. The van der Waals surface area contributed by atoms with Crippen LogP contribution in [0, 0.1) is 0 Å². The first-order valence-corrected chi connectivity index (χ1v) is 3.83. The van der Waals surface area contributed by atoms with Crippen LogP contribution in [0.4, 0.5) is 0 Å². The molecule has 0 spiro atoms. The number of hydrogen-bond donors (Lipinski definition) is 2. The minimum atomic E-state index is -1.15. The van der Waals surface area contributed by atoms with E-state index in [0.29, 0.717) is 6.42 Å². The van der Waals surface area contributed by atoms with Gasteiger partial charge in [0.1, 0.15) is 0 Å². The van der Waals surface area contributed by atoms with Crippen molar-refractivity contribution in [1.29, 1.82) is 0 Å². The molecule has 2 heteroatoms. The van der Waals surface area contributed by atoms with Gasteiger partial charge in [-0.25, -0.2) is 0 Å². The molecule has 0 aromatic carbocycles. The van der Waals surface area contributed by atoms with Gasteiger partial charge in [-0.2, -0.15) is 0 Å². The summed E-state index contributed by atoms with van der Waals surface area (Å²) in [6, 6.07) is 0. The van der Waals surface area contributed by atoms with Crippen molar-refractivity contribution in [2.75, 3.05) is 0 Å². The summed E-state index contributed by atoms with van der Waals surface area (Å²) >= 11 is 0. The first-order valence-electron chi connectivity index (χ1n) is 3.83. The maximum atomic E-state index is 8.62. The Morgan fingerprint density at radius 3 is 2.70 bits per heavy atom. The highest BCUT2D eigenvalue weighted by Crippen LogP contribution is 2.20. The number of aliphatic hydroxyl groups is 2. The number of allylic oxidation sites excluding steroid dienone is 1. The molecule has 0 heterocycles. The van der Waals surface area contributed by atoms with Crippen LogP contribution in [-0.4, -0.2) is 16.5 Å². The largest absolute Gasteiger partial charge is 0.368 e. The van der Waals surface area contributed by atoms with E-state index in [-0.39, 0.29) is 0 Å². The van der Waals surface area contributed by atoms with Gasteiger partial charge < -0.3 is 10.2 Å². The van der Waals surface area contributed by atoms with Crippen molar-refractivity contribution in [2.24, 2.45) is 0 Å². The van der Waals surface area contributed by atoms with E-state index in [1.54, 1.807) is 0 Å². The fourth-order valence-electron chi connectivity index (χ4n) is 1.32. The highest BCUT2D eigenvalue weighted by atomic mass is 16.5. The van der Waals surface area contributed by atoms with Gasteiger partial charge in [0.05, 0.1) is 0 Å². The second kappa shape index (κ2) is 3.74. The van der Waals surface area contributed by atoms with Gasteiger partial charge in [0.15, 0.2) is 6.29 Å². The lowest BCUT2D eigenvalue weighted by Gasteiger charge is -2.12. The maximum absolute atomic E-state index is 8.62. The van der Waals surface area contributed by atoms with Gasteiger partial charge in [0, 0.05) is 6.42 Å². The summed E-state index contributed by atoms with van der Waals surface area (Å²) in [7, 11) is 0. The molecule has 58 valence electrons. The standard InChI is InChI=1S/C8H14O2/c9-8(10)6-7-4-2-1-3-5-7/h4,8-10H,1-3,5-6H2. The summed E-state index contributed by atoms with van der Waals surface area (Å²) in [4.78, 5) is 0. The zero-order chi connectivity index (χ0) is 7.40. The molecule has 0 aromatic rings. The molecule has 0 aromatic heterocycles. The van der Waals surface area contributed by atoms with Gasteiger partial charge >= 0.3 is 0 Å². The van der Waals surface area contributed by atoms with Crippen molar-refractivity contribution in [2.45, 2.75) is 38.4 Å². The number of hydrogen-bond acceptors (Lipinski definition) is 2. The van der Waals surface area contributed by atoms with Crippen LogP contribution in [-0.2, 0) is 0 Å². The van der Waals surface area contributed by atoms with Crippen LogP contribution in [0.5, 0.6) is 0 Å². The van der Waals surface area contributed by atoms with E-state index in [0.717, 1.165) is 12.8 Å². The van der Waals surface area contributed by atoms with E-state index < -0.39 is 6.29 Å². The van der Waals surface area contributed by atoms with Gasteiger partial charge in [0.2, 0.25) is 0 Å². The fourth-order valence-corrected chi connectivity index (χ4v) is 1.32. The van der Waals surface area contributed by atoms with Gasteiger partial charge in [0.25, 0.3) is 0 Å². The predicted octanol–water partition coefficient (Wildman–Crippen LogP) is 1.19. The van der Waals surface area contributed by atoms with E-state index in [9.17, 15) is 0 Å². The van der Waals surface area contributed by atoms with Crippen molar-refractivity contribution in [3.8, 4) is 0 Å². The molecule has 0 bridgehead atoms. The summed E-state index contributed by atoms with van der Waals surface area (Å²) in [5.74, 6) is 0. The van der Waals surface area contributed by atoms with Crippen molar-refractivity contribution < 1.29 is 10.2 Å². The molecule has 2 nitrogen and oxygen atoms in total. The normalized spacial score (nSPS) is 19.3. The summed E-state index contributed by atoms with van der Waals surface area (Å²) in [5.41, 5.74) is 1.21. The molecule has 1 rings (SSSR count). The smallest absolute Gasteiger partial charge is 0.155 e. The molecule has 1 aliphatic carbocycles. The second-order valence-corrected chi connectivity index (χ2v) is 2.79. The van der Waals surface area contributed by atoms with E-state index >= 15 is 0 Å². The fraction of sp³-hybridized carbons (Fsp3) is 0.750. The lowest BCUT2D eigenvalue weighted by molar-refractivity contribution is -0.0387. The second-order valence-electron chi connectivity index (χ2n) is 2.79. The Hall–Kier alpha value is -0.340. The van der Waals surface area contributed by atoms with Gasteiger partial charge in [-0.1, -0.05) is 11.6 Å². The Bertz CT molecular complexity index is 127. The zero-order valence-corrected chi connectivity index (χ0v) is 6.08. The third-order valence-electron chi connectivity index (χ3n) is 1.83. The predicted molar refractivity (Wildman–Crippen MR) is 39.4 cm³/mol. The molecule has 2 N–H and O–H groups in total. The topological polar surface area (TPSA) is 40.5 Å². The zero-order valence-electron chi connectivity index (χ0n) is 6.08. The van der Waals surface area contributed by atoms with Crippen molar-refractivity contribution >= 4 is 0 Å². The Labute approximate surface area is 61.2 Å². The Morgan fingerprint density at radius 2 is 2.20 bits per heavy atom. The molecule has 0 atom stereocenters. The van der Waals surface area contributed by atoms with E-state index in [1.807, 2.05) is 0 Å². The Morgan fingerprint density at radius 1 is 1.40 bits per heavy atom. The molecule has 0 aliphatic heterocycles. The van der Waals surface area contributed by atoms with Crippen molar-refractivity contribution in [1.82, 2.24) is 0 Å². The van der Waals surface area contributed by atoms with Gasteiger partial charge in [-0.15, -0.1) is 0 Å². The van der Waals surface area contributed by atoms with E-state index in [2.05, 4.69) is 6.08 Å². The van der Waals surface area contributed by atoms with Crippen LogP contribution in [0.3, 0.4) is 0 Å². The van der Waals surface area contributed by atoms with Crippen molar-refractivity contribution in [3.05, 3.63) is 11.6 Å². The lowest BCUT2D eigenvalue weighted by Crippen LogP contribution is -2.06. The average molecular weight is 142 g/mol. The maximum Gasteiger partial charge on any atom is 0.155 e. The SMILES string of the molecule is OC(O)CC1=CCCCC1. The molecule has 0 amide bonds. The molecular formula is C8H14O2. The third kappa shape index (κ3) is 2.50. The number of aliphatic hydroxyl groups excluding tert-OH is 1.